The van der Waals surface area contributed by atoms with E-state index in [1.165, 1.54) is 0 Å². The Morgan fingerprint density at radius 1 is 1.04 bits per heavy atom. The van der Waals surface area contributed by atoms with Crippen molar-refractivity contribution in [3.05, 3.63) is 72.5 Å². The van der Waals surface area contributed by atoms with Crippen LogP contribution in [0.25, 0.3) is 22.2 Å². The molecule has 5 nitrogen and oxygen atoms in total. The summed E-state index contributed by atoms with van der Waals surface area (Å²) in [6.45, 7) is 0. The van der Waals surface area contributed by atoms with Crippen LogP contribution in [-0.2, 0) is 11.0 Å². The lowest BCUT2D eigenvalue weighted by Gasteiger charge is -2.04. The molecule has 0 aliphatic rings. The number of fused-ring (bicyclic) bond motifs is 1. The summed E-state index contributed by atoms with van der Waals surface area (Å²) in [5.41, 5.74) is 2.28. The lowest BCUT2D eigenvalue weighted by atomic mass is 10.1. The molecule has 0 radical (unpaired) electrons. The average Bonchev–Trinajstić information content (AvgIpc) is 3.01. The molecule has 0 N–H and O–H groups in total. The normalized spacial score (nSPS) is 12.4. The average molecular weight is 355 g/mol. The minimum absolute atomic E-state index is 0.173. The molecule has 3 aromatic heterocycles. The van der Waals surface area contributed by atoms with Gasteiger partial charge in [0.15, 0.2) is 11.0 Å². The van der Waals surface area contributed by atoms with Gasteiger partial charge in [-0.3, -0.25) is 8.96 Å². The summed E-state index contributed by atoms with van der Waals surface area (Å²) in [6.07, 6.45) is 6.81. The molecule has 0 aliphatic carbocycles. The molecule has 1 aromatic carbocycles. The number of nitrogens with zero attached hydrogens (tertiary/aromatic N) is 4. The largest absolute Gasteiger partial charge is 0.262 e. The summed E-state index contributed by atoms with van der Waals surface area (Å²) in [5, 5.41) is 1.08. The summed E-state index contributed by atoms with van der Waals surface area (Å²) in [6, 6.07) is 12.9. The van der Waals surface area contributed by atoms with Crippen molar-refractivity contribution < 1.29 is 4.21 Å². The first kappa shape index (κ1) is 15.0. The summed E-state index contributed by atoms with van der Waals surface area (Å²) in [4.78, 5) is 13.0. The van der Waals surface area contributed by atoms with Gasteiger partial charge in [-0.25, -0.2) is 14.2 Å². The predicted molar refractivity (Wildman–Crippen MR) is 94.0 cm³/mol. The van der Waals surface area contributed by atoms with Crippen molar-refractivity contribution in [3.8, 4) is 11.3 Å². The van der Waals surface area contributed by atoms with Gasteiger partial charge in [0, 0.05) is 29.5 Å². The quantitative estimate of drug-likeness (QED) is 0.526. The molecule has 7 heteroatoms. The van der Waals surface area contributed by atoms with Crippen molar-refractivity contribution >= 4 is 33.5 Å². The van der Waals surface area contributed by atoms with Gasteiger partial charge in [-0.1, -0.05) is 18.2 Å². The molecule has 118 valence electrons. The van der Waals surface area contributed by atoms with Crippen LogP contribution < -0.4 is 0 Å². The van der Waals surface area contributed by atoms with Crippen molar-refractivity contribution in [1.29, 1.82) is 0 Å². The third kappa shape index (κ3) is 2.60. The Hall–Kier alpha value is -2.57. The van der Waals surface area contributed by atoms with Crippen LogP contribution in [0.15, 0.2) is 72.1 Å². The van der Waals surface area contributed by atoms with E-state index in [9.17, 15) is 4.21 Å². The molecule has 4 aromatic rings. The second kappa shape index (κ2) is 6.14. The first-order valence-electron chi connectivity index (χ1n) is 7.15. The maximum atomic E-state index is 13.0. The molecule has 3 heterocycles. The fraction of sp³-hybridized carbons (Fsp3) is 0. The first-order valence-corrected chi connectivity index (χ1v) is 8.64. The van der Waals surface area contributed by atoms with Gasteiger partial charge in [-0.15, -0.1) is 0 Å². The zero-order chi connectivity index (χ0) is 16.5. The minimum atomic E-state index is -1.38. The molecular weight excluding hydrogens is 344 g/mol. The standard InChI is InChI=1S/C17H11ClN4OS/c18-17-20-9-7-15(21-17)14-11-22(16-10-19-8-6-13(14)16)24(23)12-4-2-1-3-5-12/h1-11H. The maximum Gasteiger partial charge on any atom is 0.222 e. The molecule has 0 saturated carbocycles. The number of hydrogen-bond donors (Lipinski definition) is 0. The monoisotopic (exact) mass is 354 g/mol. The van der Waals surface area contributed by atoms with E-state index < -0.39 is 11.0 Å². The number of aromatic nitrogens is 4. The van der Waals surface area contributed by atoms with E-state index in [1.54, 1.807) is 28.6 Å². The van der Waals surface area contributed by atoms with E-state index in [1.807, 2.05) is 42.6 Å². The van der Waals surface area contributed by atoms with E-state index in [0.29, 0.717) is 10.6 Å². The van der Waals surface area contributed by atoms with E-state index in [0.717, 1.165) is 16.5 Å². The second-order valence-electron chi connectivity index (χ2n) is 5.03. The van der Waals surface area contributed by atoms with Gasteiger partial charge in [0.1, 0.15) is 0 Å². The summed E-state index contributed by atoms with van der Waals surface area (Å²) < 4.78 is 14.7. The molecule has 1 atom stereocenters. The van der Waals surface area contributed by atoms with Crippen molar-refractivity contribution in [2.24, 2.45) is 0 Å². The molecule has 0 amide bonds. The third-order valence-corrected chi connectivity index (χ3v) is 5.12. The van der Waals surface area contributed by atoms with Gasteiger partial charge in [0.2, 0.25) is 5.28 Å². The van der Waals surface area contributed by atoms with Crippen LogP contribution >= 0.6 is 11.6 Å². The molecule has 4 rings (SSSR count). The van der Waals surface area contributed by atoms with Gasteiger partial charge in [-0.05, 0) is 35.9 Å². The minimum Gasteiger partial charge on any atom is -0.262 e. The van der Waals surface area contributed by atoms with Crippen LogP contribution in [0.5, 0.6) is 0 Å². The molecule has 0 saturated heterocycles. The number of halogens is 1. The van der Waals surface area contributed by atoms with Crippen LogP contribution in [0.3, 0.4) is 0 Å². The summed E-state index contributed by atoms with van der Waals surface area (Å²) in [7, 11) is -1.38. The van der Waals surface area contributed by atoms with E-state index in [4.69, 9.17) is 11.6 Å². The van der Waals surface area contributed by atoms with Gasteiger partial charge in [0.25, 0.3) is 0 Å². The topological polar surface area (TPSA) is 60.7 Å². The van der Waals surface area contributed by atoms with Gasteiger partial charge in [-0.2, -0.15) is 0 Å². The predicted octanol–water partition coefficient (Wildman–Crippen LogP) is 3.72. The Labute approximate surface area is 145 Å². The van der Waals surface area contributed by atoms with Gasteiger partial charge < -0.3 is 0 Å². The van der Waals surface area contributed by atoms with Crippen molar-refractivity contribution in [3.63, 3.8) is 0 Å². The highest BCUT2D eigenvalue weighted by Crippen LogP contribution is 2.30. The fourth-order valence-electron chi connectivity index (χ4n) is 2.52. The summed E-state index contributed by atoms with van der Waals surface area (Å²) >= 11 is 5.91. The Kier molecular flexibility index (Phi) is 3.84. The van der Waals surface area contributed by atoms with Crippen LogP contribution in [0.4, 0.5) is 0 Å². The van der Waals surface area contributed by atoms with Gasteiger partial charge in [0.05, 0.1) is 22.3 Å². The number of pyridine rings is 1. The van der Waals surface area contributed by atoms with Crippen LogP contribution in [0.2, 0.25) is 5.28 Å². The van der Waals surface area contributed by atoms with Crippen molar-refractivity contribution in [2.75, 3.05) is 0 Å². The fourth-order valence-corrected chi connectivity index (χ4v) is 3.81. The molecule has 0 aliphatic heterocycles. The molecule has 0 bridgehead atoms. The lowest BCUT2D eigenvalue weighted by molar-refractivity contribution is 0.678. The zero-order valence-electron chi connectivity index (χ0n) is 12.3. The lowest BCUT2D eigenvalue weighted by Crippen LogP contribution is -2.03. The molecule has 1 unspecified atom stereocenters. The number of hydrogen-bond acceptors (Lipinski definition) is 4. The summed E-state index contributed by atoms with van der Waals surface area (Å²) in [5.74, 6) is 0. The maximum absolute atomic E-state index is 13.0. The van der Waals surface area contributed by atoms with E-state index in [-0.39, 0.29) is 5.28 Å². The van der Waals surface area contributed by atoms with Gasteiger partial charge >= 0.3 is 0 Å². The number of rotatable bonds is 3. The Morgan fingerprint density at radius 2 is 1.88 bits per heavy atom. The molecule has 0 fully saturated rings. The SMILES string of the molecule is O=S(c1ccccc1)n1cc(-c2ccnc(Cl)n2)c2ccncc21. The van der Waals surface area contributed by atoms with E-state index in [2.05, 4.69) is 15.0 Å². The Bertz CT molecular complexity index is 1050. The Morgan fingerprint density at radius 3 is 2.67 bits per heavy atom. The van der Waals surface area contributed by atoms with Crippen LogP contribution in [0.1, 0.15) is 0 Å². The Balaban J connectivity index is 1.94. The second-order valence-corrected chi connectivity index (χ2v) is 6.74. The molecule has 24 heavy (non-hydrogen) atoms. The van der Waals surface area contributed by atoms with Crippen LogP contribution in [0, 0.1) is 0 Å². The third-order valence-electron chi connectivity index (χ3n) is 3.60. The number of benzene rings is 1. The zero-order valence-corrected chi connectivity index (χ0v) is 13.9. The highest BCUT2D eigenvalue weighted by molar-refractivity contribution is 7.83. The molecular formula is C17H11ClN4OS. The van der Waals surface area contributed by atoms with Crippen molar-refractivity contribution in [2.45, 2.75) is 4.90 Å². The van der Waals surface area contributed by atoms with Crippen LogP contribution in [-0.4, -0.2) is 23.1 Å². The highest BCUT2D eigenvalue weighted by atomic mass is 35.5. The molecule has 0 spiro atoms. The first-order chi connectivity index (χ1) is 11.7. The van der Waals surface area contributed by atoms with E-state index >= 15 is 0 Å². The smallest absolute Gasteiger partial charge is 0.222 e. The highest BCUT2D eigenvalue weighted by Gasteiger charge is 2.16. The van der Waals surface area contributed by atoms with Crippen molar-refractivity contribution in [1.82, 2.24) is 18.9 Å².